The van der Waals surface area contributed by atoms with Gasteiger partial charge in [-0.2, -0.15) is 0 Å². The molecule has 1 aliphatic heterocycles. The Labute approximate surface area is 308 Å². The first kappa shape index (κ1) is 46.3. The van der Waals surface area contributed by atoms with Gasteiger partial charge >= 0.3 is 5.97 Å². The quantitative estimate of drug-likeness (QED) is 0.0205. The van der Waals surface area contributed by atoms with Crippen LogP contribution in [0.5, 0.6) is 0 Å². The fraction of sp³-hybridized carbons (Fsp3) is 0.618. The van der Waals surface area contributed by atoms with Crippen LogP contribution in [0.25, 0.3) is 0 Å². The molecule has 0 spiro atoms. The first-order valence-corrected chi connectivity index (χ1v) is 17.4. The summed E-state index contributed by atoms with van der Waals surface area (Å²) in [5.74, 6) is -4.28. The SMILES string of the molecule is CC(=O)N[C@H](CCCN(O)C(=O)/C=C(\C)CCO)C(=O)OCCC=CC(=O)N(O)CCC[C@@H]1NC(=O)[C@H](CCCN(O)C(=O)/C=C(\C)CCO)NC1=O. The molecule has 8 N–H and O–H groups in total. The lowest BCUT2D eigenvalue weighted by Gasteiger charge is -2.30. The van der Waals surface area contributed by atoms with E-state index in [1.54, 1.807) is 13.8 Å². The zero-order valence-corrected chi connectivity index (χ0v) is 30.5. The predicted octanol–water partition coefficient (Wildman–Crippen LogP) is -0.385. The highest BCUT2D eigenvalue weighted by Gasteiger charge is 2.33. The van der Waals surface area contributed by atoms with Crippen molar-refractivity contribution in [2.24, 2.45) is 0 Å². The van der Waals surface area contributed by atoms with Crippen LogP contribution >= 0.6 is 0 Å². The van der Waals surface area contributed by atoms with Crippen molar-refractivity contribution in [1.29, 1.82) is 0 Å². The smallest absolute Gasteiger partial charge is 0.328 e. The van der Waals surface area contributed by atoms with E-state index in [9.17, 15) is 49.2 Å². The lowest BCUT2D eigenvalue weighted by molar-refractivity contribution is -0.160. The highest BCUT2D eigenvalue weighted by Crippen LogP contribution is 2.10. The third-order valence-corrected chi connectivity index (χ3v) is 7.82. The maximum absolute atomic E-state index is 12.5. The van der Waals surface area contributed by atoms with Gasteiger partial charge in [-0.25, -0.2) is 20.0 Å². The van der Waals surface area contributed by atoms with Crippen LogP contribution in [0.2, 0.25) is 0 Å². The van der Waals surface area contributed by atoms with Crippen molar-refractivity contribution in [1.82, 2.24) is 31.1 Å². The molecule has 0 aromatic carbocycles. The van der Waals surface area contributed by atoms with Crippen molar-refractivity contribution in [3.63, 3.8) is 0 Å². The number of nitrogens with one attached hydrogen (secondary N) is 3. The zero-order chi connectivity index (χ0) is 39.9. The fourth-order valence-electron chi connectivity index (χ4n) is 4.91. The molecule has 0 unspecified atom stereocenters. The molecule has 1 saturated heterocycles. The minimum atomic E-state index is -1.05. The Kier molecular flexibility index (Phi) is 22.1. The van der Waals surface area contributed by atoms with E-state index in [-0.39, 0.29) is 90.8 Å². The van der Waals surface area contributed by atoms with Crippen molar-refractivity contribution in [3.8, 4) is 0 Å². The highest BCUT2D eigenvalue weighted by atomic mass is 16.5. The van der Waals surface area contributed by atoms with E-state index in [0.717, 1.165) is 6.08 Å². The van der Waals surface area contributed by atoms with Gasteiger partial charge in [0.1, 0.15) is 18.1 Å². The number of carbonyl (C=O) groups is 7. The molecule has 298 valence electrons. The maximum Gasteiger partial charge on any atom is 0.328 e. The number of nitrogens with zero attached hydrogens (tertiary/aromatic N) is 3. The van der Waals surface area contributed by atoms with Gasteiger partial charge in [0.05, 0.1) is 6.61 Å². The Bertz CT molecular complexity index is 1350. The van der Waals surface area contributed by atoms with Gasteiger partial charge in [-0.15, -0.1) is 0 Å². The predicted molar refractivity (Wildman–Crippen MR) is 185 cm³/mol. The van der Waals surface area contributed by atoms with Crippen LogP contribution < -0.4 is 16.0 Å². The molecular formula is C34H54N6O13. The topological polar surface area (TPSA) is 276 Å². The van der Waals surface area contributed by atoms with E-state index < -0.39 is 59.5 Å². The van der Waals surface area contributed by atoms with Gasteiger partial charge in [0.25, 0.3) is 17.7 Å². The summed E-state index contributed by atoms with van der Waals surface area (Å²) in [6.07, 6.45) is 6.35. The van der Waals surface area contributed by atoms with Gasteiger partial charge in [-0.1, -0.05) is 17.2 Å². The molecule has 0 aliphatic carbocycles. The van der Waals surface area contributed by atoms with Gasteiger partial charge in [0, 0.05) is 64.4 Å². The number of rotatable bonds is 24. The molecule has 1 aliphatic rings. The number of esters is 1. The van der Waals surface area contributed by atoms with Gasteiger partial charge < -0.3 is 30.9 Å². The lowest BCUT2D eigenvalue weighted by Crippen LogP contribution is -2.61. The number of hydrogen-bond donors (Lipinski definition) is 8. The summed E-state index contributed by atoms with van der Waals surface area (Å²) in [4.78, 5) is 85.4. The number of hydroxylamine groups is 6. The van der Waals surface area contributed by atoms with Crippen molar-refractivity contribution >= 4 is 41.4 Å². The average molecular weight is 755 g/mol. The number of amides is 6. The summed E-state index contributed by atoms with van der Waals surface area (Å²) >= 11 is 0. The lowest BCUT2D eigenvalue weighted by atomic mass is 10.0. The van der Waals surface area contributed by atoms with Crippen LogP contribution in [0.1, 0.15) is 78.6 Å². The first-order valence-electron chi connectivity index (χ1n) is 17.4. The maximum atomic E-state index is 12.5. The number of aliphatic hydroxyl groups excluding tert-OH is 2. The summed E-state index contributed by atoms with van der Waals surface area (Å²) in [5.41, 5.74) is 1.17. The van der Waals surface area contributed by atoms with Gasteiger partial charge in [0.15, 0.2) is 0 Å². The van der Waals surface area contributed by atoms with Crippen LogP contribution in [0.4, 0.5) is 0 Å². The van der Waals surface area contributed by atoms with Crippen molar-refractivity contribution in [2.45, 2.75) is 96.7 Å². The largest absolute Gasteiger partial charge is 0.464 e. The van der Waals surface area contributed by atoms with Crippen LogP contribution in [0.15, 0.2) is 35.5 Å². The average Bonchev–Trinajstić information content (AvgIpc) is 3.08. The molecule has 0 radical (unpaired) electrons. The highest BCUT2D eigenvalue weighted by molar-refractivity contribution is 5.97. The second-order valence-corrected chi connectivity index (χ2v) is 12.5. The van der Waals surface area contributed by atoms with E-state index in [0.29, 0.717) is 32.8 Å². The molecule has 53 heavy (non-hydrogen) atoms. The normalized spacial score (nSPS) is 16.8. The molecule has 0 aromatic heterocycles. The molecule has 3 atom stereocenters. The van der Waals surface area contributed by atoms with Gasteiger partial charge in [-0.05, 0) is 65.2 Å². The molecule has 1 fully saturated rings. The minimum Gasteiger partial charge on any atom is -0.464 e. The molecule has 0 saturated carbocycles. The van der Waals surface area contributed by atoms with Gasteiger partial charge in [-0.3, -0.25) is 44.4 Å². The number of piperazine rings is 1. The number of ether oxygens (including phenoxy) is 1. The van der Waals surface area contributed by atoms with Crippen molar-refractivity contribution < 1.29 is 64.1 Å². The van der Waals surface area contributed by atoms with E-state index >= 15 is 0 Å². The molecule has 0 aromatic rings. The molecule has 6 amide bonds. The van der Waals surface area contributed by atoms with Crippen molar-refractivity contribution in [3.05, 3.63) is 35.5 Å². The minimum absolute atomic E-state index is 0.0566. The van der Waals surface area contributed by atoms with Crippen molar-refractivity contribution in [2.75, 3.05) is 39.5 Å². The summed E-state index contributed by atoms with van der Waals surface area (Å²) < 4.78 is 5.17. The second-order valence-electron chi connectivity index (χ2n) is 12.5. The molecule has 1 rings (SSSR count). The van der Waals surface area contributed by atoms with E-state index in [2.05, 4.69) is 16.0 Å². The summed E-state index contributed by atoms with van der Waals surface area (Å²) in [7, 11) is 0. The summed E-state index contributed by atoms with van der Waals surface area (Å²) in [6.45, 7) is 3.71. The monoisotopic (exact) mass is 754 g/mol. The first-order chi connectivity index (χ1) is 25.1. The number of aliphatic hydroxyl groups is 2. The third-order valence-electron chi connectivity index (χ3n) is 7.82. The van der Waals surface area contributed by atoms with E-state index in [4.69, 9.17) is 14.9 Å². The molecule has 19 nitrogen and oxygen atoms in total. The Morgan fingerprint density at radius 1 is 0.755 bits per heavy atom. The fourth-order valence-corrected chi connectivity index (χ4v) is 4.91. The Hall–Kier alpha value is -4.69. The number of carbonyl (C=O) groups excluding carboxylic acids is 7. The van der Waals surface area contributed by atoms with Crippen LogP contribution in [0, 0.1) is 0 Å². The molecule has 19 heteroatoms. The van der Waals surface area contributed by atoms with Crippen LogP contribution in [-0.4, -0.2) is 140 Å². The standard InChI is InChI=1S/C34H54N6O13/c1-23(13-18-41)21-30(45)39(51)16-7-10-27-33(48)36-26(32(47)37-27)9-6-15-38(50)29(44)12-4-5-20-53-34(49)28(35-25(3)43)11-8-17-40(52)31(46)22-24(2)14-19-42/h4,12,21-22,26-28,41-42,50-52H,5-11,13-20H2,1-3H3,(H,35,43)(H,36,48)(H,37,47)/b12-4?,23-21+,24-22+/t26-,27-,28+/m0/s1. The Balaban J connectivity index is 2.40. The van der Waals surface area contributed by atoms with Crippen LogP contribution in [-0.2, 0) is 38.3 Å². The summed E-state index contributed by atoms with van der Waals surface area (Å²) in [6, 6.07) is -2.80. The van der Waals surface area contributed by atoms with E-state index in [1.165, 1.54) is 25.2 Å². The molecular weight excluding hydrogens is 700 g/mol. The van der Waals surface area contributed by atoms with Crippen LogP contribution in [0.3, 0.4) is 0 Å². The number of hydrogen-bond acceptors (Lipinski definition) is 13. The Morgan fingerprint density at radius 2 is 1.21 bits per heavy atom. The summed E-state index contributed by atoms with van der Waals surface area (Å²) in [5, 5.41) is 56.8. The third kappa shape index (κ3) is 19.1. The second kappa shape index (κ2) is 25.3. The zero-order valence-electron chi connectivity index (χ0n) is 30.5. The molecule has 1 heterocycles. The molecule has 0 bridgehead atoms. The Morgan fingerprint density at radius 3 is 1.66 bits per heavy atom. The van der Waals surface area contributed by atoms with E-state index in [1.807, 2.05) is 0 Å². The van der Waals surface area contributed by atoms with Gasteiger partial charge in [0.2, 0.25) is 17.7 Å².